The number of nitrogens with zero attached hydrogens (tertiary/aromatic N) is 2. The van der Waals surface area contributed by atoms with Crippen molar-refractivity contribution in [2.75, 3.05) is 0 Å². The first kappa shape index (κ1) is 20.0. The standard InChI is InChI=1S/C25H18FN2O.BrH/c26-22-9-5-4-8-21(22)17-28-14-12-19(13-15-28)25-27-23-16-20(10-11-24(23)29-25)18-6-2-1-3-7-18;/h1-16H,17H2;1H/q+1;/p-1. The number of pyridine rings is 1. The molecule has 0 unspecified atom stereocenters. The summed E-state index contributed by atoms with van der Waals surface area (Å²) in [5.41, 5.74) is 5.36. The van der Waals surface area contributed by atoms with Crippen molar-refractivity contribution in [1.29, 1.82) is 0 Å². The monoisotopic (exact) mass is 460 g/mol. The zero-order valence-electron chi connectivity index (χ0n) is 16.0. The molecule has 2 aromatic heterocycles. The molecule has 5 aromatic rings. The van der Waals surface area contributed by atoms with Gasteiger partial charge in [-0.25, -0.2) is 13.9 Å². The second-order valence-corrected chi connectivity index (χ2v) is 6.92. The molecule has 30 heavy (non-hydrogen) atoms. The molecular weight excluding hydrogens is 443 g/mol. The third kappa shape index (κ3) is 4.02. The molecule has 0 N–H and O–H groups in total. The molecule has 148 valence electrons. The van der Waals surface area contributed by atoms with Gasteiger partial charge in [-0.05, 0) is 35.4 Å². The van der Waals surface area contributed by atoms with Gasteiger partial charge in [0.05, 0.1) is 5.56 Å². The van der Waals surface area contributed by atoms with Crippen LogP contribution in [0.2, 0.25) is 0 Å². The third-order valence-corrected chi connectivity index (χ3v) is 4.94. The fourth-order valence-corrected chi connectivity index (χ4v) is 3.39. The molecule has 3 aromatic carbocycles. The average molecular weight is 461 g/mol. The number of hydrogen-bond acceptors (Lipinski definition) is 2. The summed E-state index contributed by atoms with van der Waals surface area (Å²) < 4.78 is 21.7. The number of rotatable bonds is 4. The summed E-state index contributed by atoms with van der Waals surface area (Å²) in [7, 11) is 0. The lowest BCUT2D eigenvalue weighted by molar-refractivity contribution is -0.688. The Bertz CT molecular complexity index is 1280. The van der Waals surface area contributed by atoms with E-state index in [2.05, 4.69) is 17.1 Å². The van der Waals surface area contributed by atoms with E-state index in [0.717, 1.165) is 27.8 Å². The lowest BCUT2D eigenvalue weighted by Crippen LogP contribution is -3.00. The van der Waals surface area contributed by atoms with Gasteiger partial charge in [-0.1, -0.05) is 48.5 Å². The van der Waals surface area contributed by atoms with Crippen molar-refractivity contribution in [3.63, 3.8) is 0 Å². The van der Waals surface area contributed by atoms with Gasteiger partial charge in [0, 0.05) is 17.7 Å². The highest BCUT2D eigenvalue weighted by Gasteiger charge is 2.12. The summed E-state index contributed by atoms with van der Waals surface area (Å²) in [5, 5.41) is 0. The van der Waals surface area contributed by atoms with Crippen LogP contribution in [0, 0.1) is 5.82 Å². The Kier molecular flexibility index (Phi) is 5.72. The first-order chi connectivity index (χ1) is 14.3. The van der Waals surface area contributed by atoms with E-state index >= 15 is 0 Å². The van der Waals surface area contributed by atoms with E-state index in [4.69, 9.17) is 4.42 Å². The Morgan fingerprint density at radius 1 is 0.767 bits per heavy atom. The predicted molar refractivity (Wildman–Crippen MR) is 111 cm³/mol. The summed E-state index contributed by atoms with van der Waals surface area (Å²) in [4.78, 5) is 4.66. The van der Waals surface area contributed by atoms with Gasteiger partial charge in [0.25, 0.3) is 0 Å². The summed E-state index contributed by atoms with van der Waals surface area (Å²) in [6.07, 6.45) is 3.82. The van der Waals surface area contributed by atoms with Crippen molar-refractivity contribution in [3.8, 4) is 22.6 Å². The largest absolute Gasteiger partial charge is 1.00 e. The van der Waals surface area contributed by atoms with Crippen LogP contribution in [0.15, 0.2) is 102 Å². The van der Waals surface area contributed by atoms with Crippen LogP contribution in [0.5, 0.6) is 0 Å². The maximum absolute atomic E-state index is 13.9. The van der Waals surface area contributed by atoms with E-state index in [9.17, 15) is 4.39 Å². The molecule has 0 atom stereocenters. The normalized spacial score (nSPS) is 10.7. The van der Waals surface area contributed by atoms with Gasteiger partial charge in [-0.3, -0.25) is 0 Å². The Morgan fingerprint density at radius 2 is 1.50 bits per heavy atom. The highest BCUT2D eigenvalue weighted by Crippen LogP contribution is 2.28. The zero-order chi connectivity index (χ0) is 19.6. The Balaban J connectivity index is 0.00000218. The van der Waals surface area contributed by atoms with Crippen molar-refractivity contribution in [2.24, 2.45) is 0 Å². The van der Waals surface area contributed by atoms with E-state index in [-0.39, 0.29) is 22.8 Å². The molecule has 3 nitrogen and oxygen atoms in total. The van der Waals surface area contributed by atoms with Crippen LogP contribution >= 0.6 is 0 Å². The maximum Gasteiger partial charge on any atom is 0.227 e. The number of halogens is 2. The fourth-order valence-electron chi connectivity index (χ4n) is 3.39. The van der Waals surface area contributed by atoms with Gasteiger partial charge in [0.2, 0.25) is 5.89 Å². The number of aromatic nitrogens is 2. The zero-order valence-corrected chi connectivity index (χ0v) is 17.6. The van der Waals surface area contributed by atoms with Crippen LogP contribution in [0.3, 0.4) is 0 Å². The maximum atomic E-state index is 13.9. The molecule has 0 radical (unpaired) electrons. The molecular formula is C25H18BrFN2O. The van der Waals surface area contributed by atoms with Crippen molar-refractivity contribution in [1.82, 2.24) is 4.98 Å². The molecule has 0 fully saturated rings. The third-order valence-electron chi connectivity index (χ3n) is 4.94. The first-order valence-electron chi connectivity index (χ1n) is 9.45. The van der Waals surface area contributed by atoms with Gasteiger partial charge in [0.15, 0.2) is 24.5 Å². The van der Waals surface area contributed by atoms with Gasteiger partial charge in [-0.2, -0.15) is 0 Å². The van der Waals surface area contributed by atoms with Crippen molar-refractivity contribution < 1.29 is 30.4 Å². The molecule has 0 bridgehead atoms. The van der Waals surface area contributed by atoms with Crippen molar-refractivity contribution >= 4 is 11.1 Å². The fraction of sp³-hybridized carbons (Fsp3) is 0.0400. The number of fused-ring (bicyclic) bond motifs is 1. The van der Waals surface area contributed by atoms with Gasteiger partial charge < -0.3 is 21.4 Å². The molecule has 2 heterocycles. The Labute approximate surface area is 184 Å². The van der Waals surface area contributed by atoms with E-state index in [1.54, 1.807) is 12.1 Å². The Morgan fingerprint density at radius 3 is 2.27 bits per heavy atom. The molecule has 0 saturated carbocycles. The predicted octanol–water partition coefficient (Wildman–Crippen LogP) is 2.64. The molecule has 0 aliphatic carbocycles. The molecule has 0 saturated heterocycles. The van der Waals surface area contributed by atoms with E-state index in [1.807, 2.05) is 71.6 Å². The van der Waals surface area contributed by atoms with Crippen LogP contribution in [-0.2, 0) is 6.54 Å². The van der Waals surface area contributed by atoms with Gasteiger partial charge >= 0.3 is 0 Å². The summed E-state index contributed by atoms with van der Waals surface area (Å²) in [5.74, 6) is 0.375. The van der Waals surface area contributed by atoms with Crippen LogP contribution < -0.4 is 21.5 Å². The minimum absolute atomic E-state index is 0. The van der Waals surface area contributed by atoms with Gasteiger partial charge in [0.1, 0.15) is 11.3 Å². The number of benzene rings is 3. The SMILES string of the molecule is Fc1ccccc1C[n+]1ccc(-c2nc3cc(-c4ccccc4)ccc3o2)cc1.[Br-]. The number of hydrogen-bond donors (Lipinski definition) is 0. The minimum Gasteiger partial charge on any atom is -1.00 e. The van der Waals surface area contributed by atoms with Crippen molar-refractivity contribution in [3.05, 3.63) is 109 Å². The minimum atomic E-state index is -0.197. The second-order valence-electron chi connectivity index (χ2n) is 6.92. The Hall–Kier alpha value is -3.31. The highest BCUT2D eigenvalue weighted by molar-refractivity contribution is 5.82. The molecule has 0 spiro atoms. The lowest BCUT2D eigenvalue weighted by atomic mass is 10.1. The summed E-state index contributed by atoms with van der Waals surface area (Å²) >= 11 is 0. The average Bonchev–Trinajstić information content (AvgIpc) is 3.20. The van der Waals surface area contributed by atoms with Crippen molar-refractivity contribution in [2.45, 2.75) is 6.54 Å². The molecule has 0 amide bonds. The first-order valence-corrected chi connectivity index (χ1v) is 9.45. The van der Waals surface area contributed by atoms with E-state index in [0.29, 0.717) is 18.0 Å². The highest BCUT2D eigenvalue weighted by atomic mass is 79.9. The summed E-state index contributed by atoms with van der Waals surface area (Å²) in [6.45, 7) is 0.473. The van der Waals surface area contributed by atoms with Gasteiger partial charge in [-0.15, -0.1) is 0 Å². The number of oxazole rings is 1. The van der Waals surface area contributed by atoms with Crippen LogP contribution in [0.4, 0.5) is 4.39 Å². The molecule has 0 aliphatic rings. The van der Waals surface area contributed by atoms with E-state index in [1.165, 1.54) is 6.07 Å². The van der Waals surface area contributed by atoms with E-state index < -0.39 is 0 Å². The quantitative estimate of drug-likeness (QED) is 0.386. The van der Waals surface area contributed by atoms with Crippen LogP contribution in [0.25, 0.3) is 33.7 Å². The van der Waals surface area contributed by atoms with Crippen LogP contribution in [-0.4, -0.2) is 4.98 Å². The molecule has 5 rings (SSSR count). The lowest BCUT2D eigenvalue weighted by Gasteiger charge is -2.00. The van der Waals surface area contributed by atoms with Crippen LogP contribution in [0.1, 0.15) is 5.56 Å². The molecule has 5 heteroatoms. The topological polar surface area (TPSA) is 29.9 Å². The molecule has 0 aliphatic heterocycles. The second kappa shape index (κ2) is 8.59. The summed E-state index contributed by atoms with van der Waals surface area (Å²) in [6, 6.07) is 26.9. The smallest absolute Gasteiger partial charge is 0.227 e.